The van der Waals surface area contributed by atoms with Crippen LogP contribution in [-0.4, -0.2) is 42.0 Å². The van der Waals surface area contributed by atoms with Crippen molar-refractivity contribution in [3.05, 3.63) is 71.8 Å². The van der Waals surface area contributed by atoms with Crippen LogP contribution in [0.2, 0.25) is 0 Å². The van der Waals surface area contributed by atoms with Gasteiger partial charge >= 0.3 is 12.2 Å². The number of carbonyl (C=O) groups is 3. The van der Waals surface area contributed by atoms with Crippen LogP contribution in [-0.2, 0) is 27.5 Å². The summed E-state index contributed by atoms with van der Waals surface area (Å²) in [7, 11) is 0. The van der Waals surface area contributed by atoms with Gasteiger partial charge in [-0.2, -0.15) is 0 Å². The van der Waals surface area contributed by atoms with E-state index in [2.05, 4.69) is 16.0 Å². The quantitative estimate of drug-likeness (QED) is 0.352. The number of aliphatic hydroxyl groups excluding tert-OH is 1. The molecule has 0 aromatic heterocycles. The summed E-state index contributed by atoms with van der Waals surface area (Å²) in [4.78, 5) is 37.7. The molecule has 1 saturated carbocycles. The van der Waals surface area contributed by atoms with Crippen LogP contribution in [0.4, 0.5) is 9.59 Å². The van der Waals surface area contributed by atoms with Crippen LogP contribution in [0.3, 0.4) is 0 Å². The first-order valence-electron chi connectivity index (χ1n) is 12.4. The summed E-state index contributed by atoms with van der Waals surface area (Å²) >= 11 is 0. The van der Waals surface area contributed by atoms with Crippen LogP contribution >= 0.6 is 0 Å². The van der Waals surface area contributed by atoms with Gasteiger partial charge in [0.25, 0.3) is 0 Å². The molecule has 0 aliphatic heterocycles. The van der Waals surface area contributed by atoms with E-state index in [9.17, 15) is 19.5 Å². The monoisotopic (exact) mass is 497 g/mol. The van der Waals surface area contributed by atoms with Gasteiger partial charge in [0.1, 0.15) is 25.4 Å². The SMILES string of the molecule is O=C(NC(CO)NC(=O)[C@H](CC1CCCCC1)NC(=O)OCc1ccccc1)OCc1ccccc1. The predicted octanol–water partition coefficient (Wildman–Crippen LogP) is 3.61. The van der Waals surface area contributed by atoms with Gasteiger partial charge in [-0.25, -0.2) is 9.59 Å². The van der Waals surface area contributed by atoms with Crippen LogP contribution in [0.25, 0.3) is 0 Å². The molecule has 9 nitrogen and oxygen atoms in total. The van der Waals surface area contributed by atoms with E-state index in [0.29, 0.717) is 12.3 Å². The Morgan fingerprint density at radius 2 is 1.31 bits per heavy atom. The summed E-state index contributed by atoms with van der Waals surface area (Å²) < 4.78 is 10.5. The Morgan fingerprint density at radius 3 is 1.83 bits per heavy atom. The molecule has 3 amide bonds. The summed E-state index contributed by atoms with van der Waals surface area (Å²) in [6.45, 7) is -0.406. The highest BCUT2D eigenvalue weighted by Crippen LogP contribution is 2.27. The summed E-state index contributed by atoms with van der Waals surface area (Å²) in [5, 5.41) is 17.4. The molecule has 2 aromatic rings. The molecular weight excluding hydrogens is 462 g/mol. The molecule has 1 aliphatic rings. The third-order valence-corrected chi connectivity index (χ3v) is 6.12. The largest absolute Gasteiger partial charge is 0.445 e. The van der Waals surface area contributed by atoms with E-state index < -0.39 is 36.9 Å². The molecular formula is C27H35N3O6. The van der Waals surface area contributed by atoms with Crippen molar-refractivity contribution >= 4 is 18.1 Å². The Balaban J connectivity index is 1.53. The zero-order chi connectivity index (χ0) is 25.6. The van der Waals surface area contributed by atoms with E-state index in [0.717, 1.165) is 36.8 Å². The predicted molar refractivity (Wildman–Crippen MR) is 134 cm³/mol. The Labute approximate surface area is 211 Å². The molecule has 2 atom stereocenters. The second-order valence-electron chi connectivity index (χ2n) is 8.95. The van der Waals surface area contributed by atoms with E-state index in [1.165, 1.54) is 6.42 Å². The molecule has 1 fully saturated rings. The summed E-state index contributed by atoms with van der Waals surface area (Å²) in [6, 6.07) is 17.5. The number of carbonyl (C=O) groups excluding carboxylic acids is 3. The Hall–Kier alpha value is -3.59. The first-order chi connectivity index (χ1) is 17.5. The first kappa shape index (κ1) is 27.0. The first-order valence-corrected chi connectivity index (χ1v) is 12.4. The van der Waals surface area contributed by atoms with Crippen LogP contribution < -0.4 is 16.0 Å². The van der Waals surface area contributed by atoms with Crippen molar-refractivity contribution in [3.8, 4) is 0 Å². The topological polar surface area (TPSA) is 126 Å². The summed E-state index contributed by atoms with van der Waals surface area (Å²) in [5.41, 5.74) is 1.64. The molecule has 9 heteroatoms. The Bertz CT molecular complexity index is 950. The van der Waals surface area contributed by atoms with Crippen molar-refractivity contribution in [1.82, 2.24) is 16.0 Å². The molecule has 2 aromatic carbocycles. The summed E-state index contributed by atoms with van der Waals surface area (Å²) in [5.74, 6) is -0.222. The van der Waals surface area contributed by atoms with Crippen molar-refractivity contribution in [2.24, 2.45) is 5.92 Å². The maximum Gasteiger partial charge on any atom is 0.409 e. The van der Waals surface area contributed by atoms with Crippen LogP contribution in [0.15, 0.2) is 60.7 Å². The number of aliphatic hydroxyl groups is 1. The molecule has 36 heavy (non-hydrogen) atoms. The number of hydrogen-bond acceptors (Lipinski definition) is 6. The number of benzene rings is 2. The van der Waals surface area contributed by atoms with E-state index in [1.54, 1.807) is 0 Å². The lowest BCUT2D eigenvalue weighted by Gasteiger charge is -2.28. The van der Waals surface area contributed by atoms with Crippen LogP contribution in [0.5, 0.6) is 0 Å². The minimum Gasteiger partial charge on any atom is -0.445 e. The maximum atomic E-state index is 13.1. The second-order valence-corrected chi connectivity index (χ2v) is 8.95. The zero-order valence-electron chi connectivity index (χ0n) is 20.4. The molecule has 0 radical (unpaired) electrons. The van der Waals surface area contributed by atoms with Crippen LogP contribution in [0.1, 0.15) is 49.7 Å². The highest BCUT2D eigenvalue weighted by atomic mass is 16.6. The second kappa shape index (κ2) is 14.7. The van der Waals surface area contributed by atoms with E-state index in [1.807, 2.05) is 60.7 Å². The van der Waals surface area contributed by atoms with Gasteiger partial charge in [0.05, 0.1) is 6.61 Å². The van der Waals surface area contributed by atoms with Crippen molar-refractivity contribution in [3.63, 3.8) is 0 Å². The molecule has 194 valence electrons. The Morgan fingerprint density at radius 1 is 0.778 bits per heavy atom. The lowest BCUT2D eigenvalue weighted by Crippen LogP contribution is -2.56. The minimum atomic E-state index is -1.07. The molecule has 3 rings (SSSR count). The van der Waals surface area contributed by atoms with Gasteiger partial charge in [-0.15, -0.1) is 0 Å². The maximum absolute atomic E-state index is 13.1. The fraction of sp³-hybridized carbons (Fsp3) is 0.444. The standard InChI is InChI=1S/C27H35N3O6/c31-17-24(30-27(34)36-19-22-14-8-3-9-15-22)29-25(32)23(16-20-10-4-1-5-11-20)28-26(33)35-18-21-12-6-2-7-13-21/h2-3,6-9,12-15,20,23-24,31H,1,4-5,10-11,16-19H2,(H,28,33)(H,29,32)(H,30,34)/t23-,24?/m0/s1. The van der Waals surface area contributed by atoms with Gasteiger partial charge < -0.3 is 25.2 Å². The zero-order valence-corrected chi connectivity index (χ0v) is 20.4. The fourth-order valence-corrected chi connectivity index (χ4v) is 4.20. The highest BCUT2D eigenvalue weighted by Gasteiger charge is 2.28. The number of hydrogen-bond donors (Lipinski definition) is 4. The lowest BCUT2D eigenvalue weighted by molar-refractivity contribution is -0.124. The molecule has 0 saturated heterocycles. The van der Waals surface area contributed by atoms with Crippen molar-refractivity contribution in [1.29, 1.82) is 0 Å². The average Bonchev–Trinajstić information content (AvgIpc) is 2.91. The lowest BCUT2D eigenvalue weighted by atomic mass is 9.84. The number of nitrogens with one attached hydrogen (secondary N) is 3. The van der Waals surface area contributed by atoms with E-state index in [-0.39, 0.29) is 13.2 Å². The third kappa shape index (κ3) is 9.58. The smallest absolute Gasteiger partial charge is 0.409 e. The number of amides is 3. The summed E-state index contributed by atoms with van der Waals surface area (Å²) in [6.07, 6.45) is 3.21. The molecule has 0 spiro atoms. The van der Waals surface area contributed by atoms with Gasteiger partial charge in [-0.3, -0.25) is 10.1 Å². The van der Waals surface area contributed by atoms with Crippen molar-refractivity contribution in [2.75, 3.05) is 6.61 Å². The van der Waals surface area contributed by atoms with Crippen molar-refractivity contribution < 1.29 is 29.0 Å². The highest BCUT2D eigenvalue weighted by molar-refractivity contribution is 5.86. The van der Waals surface area contributed by atoms with Gasteiger partial charge in [0, 0.05) is 0 Å². The van der Waals surface area contributed by atoms with Crippen molar-refractivity contribution in [2.45, 2.75) is 63.9 Å². The third-order valence-electron chi connectivity index (χ3n) is 6.12. The number of ether oxygens (including phenoxy) is 2. The van der Waals surface area contributed by atoms with Crippen LogP contribution in [0, 0.1) is 5.92 Å². The number of rotatable bonds is 11. The average molecular weight is 498 g/mol. The minimum absolute atomic E-state index is 0.0535. The molecule has 1 unspecified atom stereocenters. The van der Waals surface area contributed by atoms with Gasteiger partial charge in [0.15, 0.2) is 0 Å². The Kier molecular flexibility index (Phi) is 11.0. The molecule has 0 heterocycles. The van der Waals surface area contributed by atoms with E-state index >= 15 is 0 Å². The van der Waals surface area contributed by atoms with Gasteiger partial charge in [-0.05, 0) is 23.5 Å². The fourth-order valence-electron chi connectivity index (χ4n) is 4.20. The molecule has 4 N–H and O–H groups in total. The van der Waals surface area contributed by atoms with Gasteiger partial charge in [-0.1, -0.05) is 92.8 Å². The molecule has 1 aliphatic carbocycles. The molecule has 0 bridgehead atoms. The van der Waals surface area contributed by atoms with E-state index in [4.69, 9.17) is 9.47 Å². The normalized spacial score (nSPS) is 15.2. The van der Waals surface area contributed by atoms with Gasteiger partial charge in [0.2, 0.25) is 5.91 Å². The number of alkyl carbamates (subject to hydrolysis) is 2.